The number of nitrogens with zero attached hydrogens (tertiary/aromatic N) is 3. The van der Waals surface area contributed by atoms with Crippen LogP contribution in [0.3, 0.4) is 0 Å². The van der Waals surface area contributed by atoms with Crippen LogP contribution in [-0.4, -0.2) is 41.8 Å². The van der Waals surface area contributed by atoms with Gasteiger partial charge in [-0.25, -0.2) is 4.79 Å². The molecule has 0 saturated carbocycles. The van der Waals surface area contributed by atoms with Gasteiger partial charge in [-0.2, -0.15) is 4.98 Å². The molecular weight excluding hydrogens is 432 g/mol. The number of rotatable bonds is 8. The predicted octanol–water partition coefficient (Wildman–Crippen LogP) is 5.00. The Balaban J connectivity index is 1.79. The van der Waals surface area contributed by atoms with Crippen molar-refractivity contribution in [1.29, 1.82) is 0 Å². The second-order valence-corrected chi connectivity index (χ2v) is 7.87. The van der Waals surface area contributed by atoms with E-state index >= 15 is 0 Å². The number of methoxy groups -OCH3 is 2. The normalized spacial score (nSPS) is 15.8. The highest BCUT2D eigenvalue weighted by atomic mass is 16.5. The molecule has 1 N–H and O–H groups in total. The number of hydrogen-bond acceptors (Lipinski definition) is 6. The van der Waals surface area contributed by atoms with E-state index in [1.54, 1.807) is 37.3 Å². The number of carbonyl (C=O) groups excluding carboxylic acids is 1. The fourth-order valence-electron chi connectivity index (χ4n) is 4.03. The van der Waals surface area contributed by atoms with Gasteiger partial charge in [0.25, 0.3) is 5.89 Å². The Morgan fingerprint density at radius 1 is 1.15 bits per heavy atom. The maximum absolute atomic E-state index is 12.9. The largest absolute Gasteiger partial charge is 0.493 e. The van der Waals surface area contributed by atoms with Crippen LogP contribution >= 0.6 is 0 Å². The molecule has 1 aliphatic rings. The molecule has 1 atom stereocenters. The Kier molecular flexibility index (Phi) is 6.67. The monoisotopic (exact) mass is 460 g/mol. The number of urea groups is 1. The lowest BCUT2D eigenvalue weighted by molar-refractivity contribution is 0.209. The van der Waals surface area contributed by atoms with Crippen LogP contribution in [0.2, 0.25) is 0 Å². The number of amides is 2. The van der Waals surface area contributed by atoms with Gasteiger partial charge in [0.1, 0.15) is 0 Å². The van der Waals surface area contributed by atoms with Crippen molar-refractivity contribution in [2.75, 3.05) is 20.8 Å². The van der Waals surface area contributed by atoms with Gasteiger partial charge < -0.3 is 19.3 Å². The van der Waals surface area contributed by atoms with E-state index in [1.807, 2.05) is 25.1 Å². The van der Waals surface area contributed by atoms with Gasteiger partial charge >= 0.3 is 6.03 Å². The minimum Gasteiger partial charge on any atom is -0.493 e. The maximum atomic E-state index is 12.9. The molecule has 0 radical (unpaired) electrons. The molecule has 2 heterocycles. The molecule has 4 rings (SSSR count). The number of nitrogens with one attached hydrogen (secondary N) is 1. The lowest BCUT2D eigenvalue weighted by Gasteiger charge is -2.34. The lowest BCUT2D eigenvalue weighted by atomic mass is 9.93. The smallest absolute Gasteiger partial charge is 0.322 e. The van der Waals surface area contributed by atoms with Gasteiger partial charge in [0.05, 0.1) is 25.8 Å². The molecule has 3 aromatic rings. The van der Waals surface area contributed by atoms with Crippen LogP contribution in [-0.2, 0) is 6.42 Å². The molecule has 34 heavy (non-hydrogen) atoms. The lowest BCUT2D eigenvalue weighted by Crippen LogP contribution is -2.46. The Morgan fingerprint density at radius 3 is 2.53 bits per heavy atom. The van der Waals surface area contributed by atoms with Crippen molar-refractivity contribution in [2.24, 2.45) is 0 Å². The van der Waals surface area contributed by atoms with Crippen molar-refractivity contribution in [3.63, 3.8) is 0 Å². The number of allylic oxidation sites excluding steroid dienone is 1. The van der Waals surface area contributed by atoms with Crippen molar-refractivity contribution in [2.45, 2.75) is 26.3 Å². The third-order valence-corrected chi connectivity index (χ3v) is 5.93. The maximum Gasteiger partial charge on any atom is 0.322 e. The molecule has 0 aliphatic carbocycles. The highest BCUT2D eigenvalue weighted by molar-refractivity contribution is 5.87. The third kappa shape index (κ3) is 4.26. The third-order valence-electron chi connectivity index (χ3n) is 5.93. The van der Waals surface area contributed by atoms with Crippen molar-refractivity contribution >= 4 is 11.6 Å². The van der Waals surface area contributed by atoms with Crippen molar-refractivity contribution in [3.8, 4) is 22.9 Å². The molecule has 0 bridgehead atoms. The summed E-state index contributed by atoms with van der Waals surface area (Å²) in [6.45, 7) is 8.12. The first-order chi connectivity index (χ1) is 16.5. The van der Waals surface area contributed by atoms with E-state index in [0.29, 0.717) is 29.8 Å². The number of aryl methyl sites for hydroxylation is 1. The standard InChI is InChI=1S/C26H28N4O4/c1-6-14-30-16(3)22(23(27-26(30)31)18-10-8-17(7-2)9-11-18)25-28-24(29-34-25)19-12-13-20(32-4)21(15-19)33-5/h6,8-13,15,23H,1,7,14H2,2-5H3,(H,27,31). The molecule has 2 aromatic carbocycles. The van der Waals surface area contributed by atoms with Crippen LogP contribution in [0.15, 0.2) is 65.3 Å². The molecule has 0 fully saturated rings. The van der Waals surface area contributed by atoms with Gasteiger partial charge in [-0.05, 0) is 42.7 Å². The zero-order valence-electron chi connectivity index (χ0n) is 19.8. The summed E-state index contributed by atoms with van der Waals surface area (Å²) in [7, 11) is 3.16. The molecule has 1 unspecified atom stereocenters. The van der Waals surface area contributed by atoms with Gasteiger partial charge in [0.2, 0.25) is 5.82 Å². The topological polar surface area (TPSA) is 89.7 Å². The molecule has 2 amide bonds. The quantitative estimate of drug-likeness (QED) is 0.476. The van der Waals surface area contributed by atoms with Gasteiger partial charge in [-0.3, -0.25) is 4.90 Å². The summed E-state index contributed by atoms with van der Waals surface area (Å²) in [5, 5.41) is 7.29. The molecular formula is C26H28N4O4. The Bertz CT molecular complexity index is 1230. The average molecular weight is 461 g/mol. The summed E-state index contributed by atoms with van der Waals surface area (Å²) in [5.41, 5.74) is 4.34. The Morgan fingerprint density at radius 2 is 1.88 bits per heavy atom. The SMILES string of the molecule is C=CCN1C(=O)NC(c2ccc(CC)cc2)C(c2nc(-c3ccc(OC)c(OC)c3)no2)=C1C. The van der Waals surface area contributed by atoms with Crippen molar-refractivity contribution in [3.05, 3.63) is 77.8 Å². The average Bonchev–Trinajstić information content (AvgIpc) is 3.35. The minimum atomic E-state index is -0.432. The fourth-order valence-corrected chi connectivity index (χ4v) is 4.03. The number of benzene rings is 2. The van der Waals surface area contributed by atoms with E-state index in [4.69, 9.17) is 14.0 Å². The summed E-state index contributed by atoms with van der Waals surface area (Å²) in [6, 6.07) is 13.0. The number of aromatic nitrogens is 2. The van der Waals surface area contributed by atoms with Crippen molar-refractivity contribution in [1.82, 2.24) is 20.4 Å². The summed E-state index contributed by atoms with van der Waals surface area (Å²) < 4.78 is 16.4. The first-order valence-corrected chi connectivity index (χ1v) is 11.1. The second kappa shape index (κ2) is 9.82. The van der Waals surface area contributed by atoms with E-state index in [2.05, 4.69) is 41.1 Å². The Labute approximate surface area is 198 Å². The fraction of sp³-hybridized carbons (Fsp3) is 0.269. The van der Waals surface area contributed by atoms with Crippen LogP contribution in [0.1, 0.15) is 36.9 Å². The van der Waals surface area contributed by atoms with Crippen LogP contribution in [0, 0.1) is 0 Å². The van der Waals surface area contributed by atoms with E-state index in [0.717, 1.165) is 28.8 Å². The zero-order valence-corrected chi connectivity index (χ0v) is 19.8. The highest BCUT2D eigenvalue weighted by Crippen LogP contribution is 2.38. The molecule has 1 aromatic heterocycles. The van der Waals surface area contributed by atoms with E-state index in [1.165, 1.54) is 5.56 Å². The molecule has 0 saturated heterocycles. The number of carbonyl (C=O) groups is 1. The summed E-state index contributed by atoms with van der Waals surface area (Å²) >= 11 is 0. The van der Waals surface area contributed by atoms with E-state index in [-0.39, 0.29) is 6.03 Å². The molecule has 1 aliphatic heterocycles. The zero-order chi connectivity index (χ0) is 24.2. The number of hydrogen-bond donors (Lipinski definition) is 1. The van der Waals surface area contributed by atoms with E-state index < -0.39 is 6.04 Å². The summed E-state index contributed by atoms with van der Waals surface area (Å²) in [6.07, 6.45) is 2.62. The molecule has 8 heteroatoms. The van der Waals surface area contributed by atoms with Gasteiger partial charge in [-0.15, -0.1) is 6.58 Å². The van der Waals surface area contributed by atoms with Crippen LogP contribution in [0.5, 0.6) is 11.5 Å². The second-order valence-electron chi connectivity index (χ2n) is 7.87. The van der Waals surface area contributed by atoms with Crippen LogP contribution in [0.4, 0.5) is 4.79 Å². The predicted molar refractivity (Wildman–Crippen MR) is 129 cm³/mol. The first kappa shape index (κ1) is 23.1. The van der Waals surface area contributed by atoms with Crippen molar-refractivity contribution < 1.29 is 18.8 Å². The van der Waals surface area contributed by atoms with Gasteiger partial charge in [0, 0.05) is 17.8 Å². The number of ether oxygens (including phenoxy) is 2. The minimum absolute atomic E-state index is 0.203. The molecule has 8 nitrogen and oxygen atoms in total. The van der Waals surface area contributed by atoms with Gasteiger partial charge in [-0.1, -0.05) is 42.4 Å². The first-order valence-electron chi connectivity index (χ1n) is 11.1. The molecule has 176 valence electrons. The summed E-state index contributed by atoms with van der Waals surface area (Å²) in [4.78, 5) is 19.2. The van der Waals surface area contributed by atoms with Gasteiger partial charge in [0.15, 0.2) is 11.5 Å². The summed E-state index contributed by atoms with van der Waals surface area (Å²) in [5.74, 6) is 1.92. The van der Waals surface area contributed by atoms with Crippen LogP contribution < -0.4 is 14.8 Å². The van der Waals surface area contributed by atoms with Crippen LogP contribution in [0.25, 0.3) is 17.0 Å². The molecule has 0 spiro atoms. The Hall–Kier alpha value is -4.07. The van der Waals surface area contributed by atoms with E-state index in [9.17, 15) is 4.79 Å². The highest BCUT2D eigenvalue weighted by Gasteiger charge is 2.35.